The van der Waals surface area contributed by atoms with E-state index in [4.69, 9.17) is 0 Å². The minimum atomic E-state index is 0. The van der Waals surface area contributed by atoms with E-state index < -0.39 is 0 Å². The third kappa shape index (κ3) is 4.34. The molecule has 0 spiro atoms. The average molecular weight is 335 g/mol. The molecule has 1 N–H and O–H groups in total. The van der Waals surface area contributed by atoms with Crippen LogP contribution in [0, 0.1) is 0 Å². The lowest BCUT2D eigenvalue weighted by Crippen LogP contribution is -2.47. The molecular weight excluding hydrogens is 308 g/mol. The summed E-state index contributed by atoms with van der Waals surface area (Å²) in [5, 5.41) is 3.50. The van der Waals surface area contributed by atoms with Crippen LogP contribution in [-0.4, -0.2) is 40.6 Å². The molecule has 126 valence electrons. The van der Waals surface area contributed by atoms with Gasteiger partial charge in [-0.15, -0.1) is 12.4 Å². The molecule has 2 heterocycles. The van der Waals surface area contributed by atoms with Crippen LogP contribution in [-0.2, 0) is 19.9 Å². The lowest BCUT2D eigenvalue weighted by atomic mass is 10.1. The Morgan fingerprint density at radius 3 is 2.61 bits per heavy atom. The minimum Gasteiger partial charge on any atom is -0.337 e. The third-order valence-electron chi connectivity index (χ3n) is 4.63. The normalized spacial score (nSPS) is 18.6. The summed E-state index contributed by atoms with van der Waals surface area (Å²) in [7, 11) is 2.08. The highest BCUT2D eigenvalue weighted by atomic mass is 35.5. The first-order valence-electron chi connectivity index (χ1n) is 8.27. The maximum absolute atomic E-state index is 4.55. The highest BCUT2D eigenvalue weighted by Gasteiger charge is 2.26. The molecule has 1 unspecified atom stereocenters. The maximum Gasteiger partial charge on any atom is 0.127 e. The van der Waals surface area contributed by atoms with Gasteiger partial charge in [0, 0.05) is 45.6 Å². The number of imidazole rings is 1. The maximum atomic E-state index is 4.55. The van der Waals surface area contributed by atoms with E-state index in [1.54, 1.807) is 0 Å². The van der Waals surface area contributed by atoms with Gasteiger partial charge in [-0.3, -0.25) is 4.90 Å². The van der Waals surface area contributed by atoms with E-state index in [1.807, 2.05) is 12.4 Å². The molecule has 3 rings (SSSR count). The van der Waals surface area contributed by atoms with E-state index in [-0.39, 0.29) is 12.4 Å². The summed E-state index contributed by atoms with van der Waals surface area (Å²) in [6, 6.07) is 9.43. The van der Waals surface area contributed by atoms with Crippen LogP contribution in [0.1, 0.15) is 29.9 Å². The van der Waals surface area contributed by atoms with Crippen molar-refractivity contribution in [2.45, 2.75) is 25.8 Å². The molecule has 1 aliphatic heterocycles. The van der Waals surface area contributed by atoms with Gasteiger partial charge in [0.15, 0.2) is 0 Å². The molecule has 0 radical (unpaired) electrons. The summed E-state index contributed by atoms with van der Waals surface area (Å²) >= 11 is 0. The van der Waals surface area contributed by atoms with Gasteiger partial charge in [-0.05, 0) is 24.0 Å². The van der Waals surface area contributed by atoms with Gasteiger partial charge in [-0.1, -0.05) is 31.2 Å². The van der Waals surface area contributed by atoms with Gasteiger partial charge < -0.3 is 9.88 Å². The van der Waals surface area contributed by atoms with Crippen molar-refractivity contribution in [3.63, 3.8) is 0 Å². The second-order valence-corrected chi connectivity index (χ2v) is 6.07. The van der Waals surface area contributed by atoms with E-state index in [9.17, 15) is 0 Å². The quantitative estimate of drug-likeness (QED) is 0.912. The van der Waals surface area contributed by atoms with E-state index >= 15 is 0 Å². The summed E-state index contributed by atoms with van der Waals surface area (Å²) in [5.74, 6) is 1.16. The second kappa shape index (κ2) is 8.48. The van der Waals surface area contributed by atoms with Crippen LogP contribution in [0.2, 0.25) is 0 Å². The lowest BCUT2D eigenvalue weighted by Gasteiger charge is -2.35. The summed E-state index contributed by atoms with van der Waals surface area (Å²) in [6.45, 7) is 6.43. The van der Waals surface area contributed by atoms with Crippen LogP contribution in [0.5, 0.6) is 0 Å². The van der Waals surface area contributed by atoms with Gasteiger partial charge >= 0.3 is 0 Å². The number of piperazine rings is 1. The van der Waals surface area contributed by atoms with Crippen molar-refractivity contribution < 1.29 is 0 Å². The Hall–Kier alpha value is -1.36. The Bertz CT molecular complexity index is 593. The van der Waals surface area contributed by atoms with E-state index in [2.05, 4.69) is 58.0 Å². The molecule has 0 bridgehead atoms. The number of aromatic nitrogens is 2. The molecule has 5 heteroatoms. The Labute approximate surface area is 145 Å². The Kier molecular flexibility index (Phi) is 6.63. The Balaban J connectivity index is 0.00000192. The fraction of sp³-hybridized carbons (Fsp3) is 0.500. The monoisotopic (exact) mass is 334 g/mol. The van der Waals surface area contributed by atoms with Crippen LogP contribution in [0.25, 0.3) is 0 Å². The first kappa shape index (κ1) is 18.0. The van der Waals surface area contributed by atoms with Crippen molar-refractivity contribution in [2.24, 2.45) is 7.05 Å². The van der Waals surface area contributed by atoms with Gasteiger partial charge in [0.2, 0.25) is 0 Å². The van der Waals surface area contributed by atoms with Gasteiger partial charge in [0.1, 0.15) is 5.82 Å². The average Bonchev–Trinajstić information content (AvgIpc) is 2.99. The molecule has 1 saturated heterocycles. The van der Waals surface area contributed by atoms with Crippen LogP contribution >= 0.6 is 12.4 Å². The molecule has 0 saturated carbocycles. The molecule has 0 amide bonds. The zero-order valence-corrected chi connectivity index (χ0v) is 14.9. The molecule has 1 aromatic heterocycles. The number of nitrogens with zero attached hydrogens (tertiary/aromatic N) is 3. The first-order valence-corrected chi connectivity index (χ1v) is 8.27. The van der Waals surface area contributed by atoms with Crippen LogP contribution in [0.4, 0.5) is 0 Å². The van der Waals surface area contributed by atoms with Crippen molar-refractivity contribution in [3.8, 4) is 0 Å². The lowest BCUT2D eigenvalue weighted by molar-refractivity contribution is 0.155. The number of aryl methyl sites for hydroxylation is 2. The second-order valence-electron chi connectivity index (χ2n) is 6.07. The predicted octanol–water partition coefficient (Wildman–Crippen LogP) is 2.59. The third-order valence-corrected chi connectivity index (χ3v) is 4.63. The molecule has 1 aromatic carbocycles. The standard InChI is InChI=1S/C18H26N4.ClH/c1-3-15-4-6-16(7-5-15)8-11-22-13-9-19-14-17(22)18-20-10-12-21(18)2;/h4-7,10,12,17,19H,3,8-9,11,13-14H2,1-2H3;1H. The van der Waals surface area contributed by atoms with Gasteiger partial charge in [0.05, 0.1) is 6.04 Å². The molecule has 0 aliphatic carbocycles. The highest BCUT2D eigenvalue weighted by molar-refractivity contribution is 5.85. The topological polar surface area (TPSA) is 33.1 Å². The molecule has 4 nitrogen and oxygen atoms in total. The number of benzene rings is 1. The summed E-state index contributed by atoms with van der Waals surface area (Å²) in [4.78, 5) is 7.11. The smallest absolute Gasteiger partial charge is 0.127 e. The number of hydrogen-bond acceptors (Lipinski definition) is 3. The number of hydrogen-bond donors (Lipinski definition) is 1. The van der Waals surface area contributed by atoms with Gasteiger partial charge in [0.25, 0.3) is 0 Å². The zero-order chi connectivity index (χ0) is 15.4. The van der Waals surface area contributed by atoms with Crippen LogP contribution in [0.3, 0.4) is 0 Å². The highest BCUT2D eigenvalue weighted by Crippen LogP contribution is 2.20. The minimum absolute atomic E-state index is 0. The van der Waals surface area contributed by atoms with Crippen molar-refractivity contribution in [2.75, 3.05) is 26.2 Å². The summed E-state index contributed by atoms with van der Waals surface area (Å²) in [5.41, 5.74) is 2.84. The Morgan fingerprint density at radius 1 is 1.22 bits per heavy atom. The molecule has 1 aliphatic rings. The largest absolute Gasteiger partial charge is 0.337 e. The first-order chi connectivity index (χ1) is 10.8. The zero-order valence-electron chi connectivity index (χ0n) is 14.0. The van der Waals surface area contributed by atoms with E-state index in [0.29, 0.717) is 6.04 Å². The molecule has 1 atom stereocenters. The summed E-state index contributed by atoms with van der Waals surface area (Å²) in [6.07, 6.45) is 6.14. The van der Waals surface area contributed by atoms with Crippen molar-refractivity contribution >= 4 is 12.4 Å². The predicted molar refractivity (Wildman–Crippen MR) is 97.2 cm³/mol. The molecule has 2 aromatic rings. The Morgan fingerprint density at radius 2 is 1.96 bits per heavy atom. The van der Waals surface area contributed by atoms with E-state index in [1.165, 1.54) is 11.1 Å². The number of rotatable bonds is 5. The van der Waals surface area contributed by atoms with Crippen molar-refractivity contribution in [1.82, 2.24) is 19.8 Å². The molecule has 1 fully saturated rings. The SMILES string of the molecule is CCc1ccc(CCN2CCNCC2c2nccn2C)cc1.Cl. The van der Waals surface area contributed by atoms with Crippen LogP contribution in [0.15, 0.2) is 36.7 Å². The van der Waals surface area contributed by atoms with Crippen molar-refractivity contribution in [3.05, 3.63) is 53.6 Å². The van der Waals surface area contributed by atoms with Gasteiger partial charge in [-0.25, -0.2) is 4.98 Å². The summed E-state index contributed by atoms with van der Waals surface area (Å²) < 4.78 is 2.14. The fourth-order valence-corrected chi connectivity index (χ4v) is 3.18. The van der Waals surface area contributed by atoms with E-state index in [0.717, 1.165) is 44.8 Å². The number of halogens is 1. The van der Waals surface area contributed by atoms with Crippen molar-refractivity contribution in [1.29, 1.82) is 0 Å². The van der Waals surface area contributed by atoms with Gasteiger partial charge in [-0.2, -0.15) is 0 Å². The van der Waals surface area contributed by atoms with Crippen LogP contribution < -0.4 is 5.32 Å². The number of nitrogens with one attached hydrogen (secondary N) is 1. The molecule has 23 heavy (non-hydrogen) atoms. The fourth-order valence-electron chi connectivity index (χ4n) is 3.18. The molecular formula is C18H27ClN4.